The number of phosphoric acid groups is 1. The molecule has 0 aliphatic carbocycles. The van der Waals surface area contributed by atoms with E-state index in [1.54, 1.807) is 60.7 Å². The Labute approximate surface area is 296 Å². The fourth-order valence-electron chi connectivity index (χ4n) is 5.33. The zero-order valence-corrected chi connectivity index (χ0v) is 28.3. The van der Waals surface area contributed by atoms with Gasteiger partial charge in [-0.3, -0.25) is 24.2 Å². The van der Waals surface area contributed by atoms with Gasteiger partial charge in [0.1, 0.15) is 42.3 Å². The van der Waals surface area contributed by atoms with Crippen molar-refractivity contribution in [1.82, 2.24) is 35.5 Å². The summed E-state index contributed by atoms with van der Waals surface area (Å²) in [6.45, 7) is -0.258. The van der Waals surface area contributed by atoms with Crippen molar-refractivity contribution in [2.24, 2.45) is 0 Å². The molecule has 0 aliphatic heterocycles. The largest absolute Gasteiger partial charge is 0.524 e. The highest BCUT2D eigenvalue weighted by atomic mass is 31.2. The number of aliphatic carboxylic acids is 1. The van der Waals surface area contributed by atoms with Gasteiger partial charge < -0.3 is 35.9 Å². The molecule has 2 heterocycles. The van der Waals surface area contributed by atoms with Crippen LogP contribution < -0.4 is 26.2 Å². The van der Waals surface area contributed by atoms with Crippen molar-refractivity contribution in [2.75, 3.05) is 5.73 Å². The molecular formula is C34H35N8O9P. The van der Waals surface area contributed by atoms with Crippen LogP contribution in [0.25, 0.3) is 11.2 Å². The normalized spacial score (nSPS) is 13.0. The molecule has 0 saturated carbocycles. The highest BCUT2D eigenvalue weighted by Crippen LogP contribution is 2.37. The van der Waals surface area contributed by atoms with Crippen molar-refractivity contribution in [3.8, 4) is 5.75 Å². The number of benzene rings is 3. The molecule has 0 fully saturated rings. The van der Waals surface area contributed by atoms with Gasteiger partial charge in [0.25, 0.3) is 0 Å². The first-order valence-corrected chi connectivity index (χ1v) is 17.3. The van der Waals surface area contributed by atoms with E-state index in [4.69, 9.17) is 15.5 Å². The molecule has 8 N–H and O–H groups in total. The lowest BCUT2D eigenvalue weighted by Crippen LogP contribution is -2.57. The molecule has 3 unspecified atom stereocenters. The van der Waals surface area contributed by atoms with Gasteiger partial charge >= 0.3 is 13.8 Å². The summed E-state index contributed by atoms with van der Waals surface area (Å²) in [5.74, 6) is -3.39. The number of nitrogen functional groups attached to an aromatic ring is 1. The van der Waals surface area contributed by atoms with E-state index in [-0.39, 0.29) is 37.4 Å². The number of hydrogen-bond donors (Lipinski definition) is 7. The average molecular weight is 731 g/mol. The monoisotopic (exact) mass is 730 g/mol. The first kappa shape index (κ1) is 37.1. The molecule has 0 spiro atoms. The second kappa shape index (κ2) is 16.7. The van der Waals surface area contributed by atoms with Crippen LogP contribution in [0.5, 0.6) is 5.75 Å². The number of aromatic nitrogens is 4. The number of anilines is 1. The Morgan fingerprint density at radius 2 is 1.25 bits per heavy atom. The van der Waals surface area contributed by atoms with Gasteiger partial charge in [-0.25, -0.2) is 24.3 Å². The molecule has 5 rings (SSSR count). The molecule has 17 nitrogen and oxygen atoms in total. The van der Waals surface area contributed by atoms with Crippen LogP contribution in [-0.4, -0.2) is 76.2 Å². The van der Waals surface area contributed by atoms with Crippen LogP contribution in [0.4, 0.5) is 5.82 Å². The minimum absolute atomic E-state index is 0.00663. The van der Waals surface area contributed by atoms with Crippen LogP contribution in [-0.2, 0) is 49.6 Å². The summed E-state index contributed by atoms with van der Waals surface area (Å²) in [7, 11) is -4.80. The van der Waals surface area contributed by atoms with Gasteiger partial charge in [0.2, 0.25) is 17.7 Å². The standard InChI is InChI=1S/C34H35N8O9P/c35-30-29-31(37-19-36-30)42(20-38-29)18-28(43)39-25(15-21-7-3-1-4-8-21)32(44)40-26(16-22-9-5-2-6-10-22)33(45)41-27(34(46)47)17-23-11-13-24(14-12-23)51-52(48,49)50/h1-14,19-20,25-27H,15-18H2,(H,39,43)(H,40,44)(H,41,45)(H,46,47)(H2,35,36,37)(H2,48,49,50). The SMILES string of the molecule is Nc1ncnc2c1ncn2CC(=O)NC(Cc1ccccc1)C(=O)NC(Cc1ccccc1)C(=O)NC(Cc1ccc(OP(=O)(O)O)cc1)C(=O)O. The van der Waals surface area contributed by atoms with E-state index < -0.39 is 49.6 Å². The molecule has 52 heavy (non-hydrogen) atoms. The van der Waals surface area contributed by atoms with Crippen LogP contribution in [0.15, 0.2) is 97.6 Å². The number of carboxylic acids is 1. The number of nitrogens with two attached hydrogens (primary N) is 1. The Morgan fingerprint density at radius 1 is 0.731 bits per heavy atom. The van der Waals surface area contributed by atoms with Crippen LogP contribution in [0.2, 0.25) is 0 Å². The summed E-state index contributed by atoms with van der Waals surface area (Å²) in [6, 6.07) is 19.2. The molecule has 2 aromatic heterocycles. The Bertz CT molecular complexity index is 2080. The number of imidazole rings is 1. The zero-order valence-electron chi connectivity index (χ0n) is 27.4. The fourth-order valence-corrected chi connectivity index (χ4v) is 5.73. The third-order valence-electron chi connectivity index (χ3n) is 7.80. The van der Waals surface area contributed by atoms with Crippen molar-refractivity contribution in [3.05, 3.63) is 114 Å². The molecule has 3 amide bonds. The predicted molar refractivity (Wildman–Crippen MR) is 186 cm³/mol. The van der Waals surface area contributed by atoms with Crippen molar-refractivity contribution in [3.63, 3.8) is 0 Å². The second-order valence-electron chi connectivity index (χ2n) is 11.7. The molecule has 5 aromatic rings. The number of carbonyl (C=O) groups excluding carboxylic acids is 3. The number of nitrogens with zero attached hydrogens (tertiary/aromatic N) is 4. The van der Waals surface area contributed by atoms with Gasteiger partial charge in [-0.1, -0.05) is 72.8 Å². The number of hydrogen-bond acceptors (Lipinski definition) is 10. The number of fused-ring (bicyclic) bond motifs is 1. The smallest absolute Gasteiger partial charge is 0.480 e. The third kappa shape index (κ3) is 10.4. The summed E-state index contributed by atoms with van der Waals surface area (Å²) in [4.78, 5) is 83.5. The molecular weight excluding hydrogens is 695 g/mol. The van der Waals surface area contributed by atoms with Crippen LogP contribution >= 0.6 is 7.82 Å². The molecule has 18 heteroatoms. The topological polar surface area (TPSA) is 261 Å². The summed E-state index contributed by atoms with van der Waals surface area (Å²) >= 11 is 0. The molecule has 3 aromatic carbocycles. The Morgan fingerprint density at radius 3 is 1.81 bits per heavy atom. The van der Waals surface area contributed by atoms with Crippen molar-refractivity contribution in [2.45, 2.75) is 43.9 Å². The van der Waals surface area contributed by atoms with Gasteiger partial charge in [-0.05, 0) is 28.8 Å². The maximum absolute atomic E-state index is 13.9. The molecule has 0 radical (unpaired) electrons. The number of rotatable bonds is 16. The minimum Gasteiger partial charge on any atom is -0.480 e. The Hall–Kier alpha value is -6.16. The molecule has 270 valence electrons. The number of carboxylic acid groups (broad SMARTS) is 1. The van der Waals surface area contributed by atoms with E-state index in [2.05, 4.69) is 35.4 Å². The van der Waals surface area contributed by atoms with E-state index in [0.717, 1.165) is 5.56 Å². The average Bonchev–Trinajstić information content (AvgIpc) is 3.51. The number of carbonyl (C=O) groups is 4. The van der Waals surface area contributed by atoms with Crippen LogP contribution in [0.3, 0.4) is 0 Å². The van der Waals surface area contributed by atoms with Gasteiger partial charge in [-0.2, -0.15) is 0 Å². The summed E-state index contributed by atoms with van der Waals surface area (Å²) < 4.78 is 17.1. The van der Waals surface area contributed by atoms with Gasteiger partial charge in [0, 0.05) is 19.3 Å². The first-order chi connectivity index (χ1) is 24.8. The summed E-state index contributed by atoms with van der Waals surface area (Å²) in [6.07, 6.45) is 2.48. The predicted octanol–water partition coefficient (Wildman–Crippen LogP) is 1.15. The number of amides is 3. The van der Waals surface area contributed by atoms with E-state index in [0.29, 0.717) is 22.3 Å². The summed E-state index contributed by atoms with van der Waals surface area (Å²) in [5.41, 5.74) is 8.32. The highest BCUT2D eigenvalue weighted by molar-refractivity contribution is 7.46. The van der Waals surface area contributed by atoms with Crippen molar-refractivity contribution >= 4 is 48.5 Å². The van der Waals surface area contributed by atoms with Gasteiger partial charge in [-0.15, -0.1) is 0 Å². The number of nitrogens with one attached hydrogen (secondary N) is 3. The minimum atomic E-state index is -4.80. The lowest BCUT2D eigenvalue weighted by atomic mass is 10.0. The molecule has 0 bridgehead atoms. The van der Waals surface area contributed by atoms with Gasteiger partial charge in [0.05, 0.1) is 6.33 Å². The van der Waals surface area contributed by atoms with E-state index in [1.807, 2.05) is 0 Å². The molecule has 3 atom stereocenters. The Kier molecular flexibility index (Phi) is 11.9. The highest BCUT2D eigenvalue weighted by Gasteiger charge is 2.30. The van der Waals surface area contributed by atoms with Gasteiger partial charge in [0.15, 0.2) is 11.5 Å². The fraction of sp³-hybridized carbons (Fsp3) is 0.206. The first-order valence-electron chi connectivity index (χ1n) is 15.8. The number of phosphoric ester groups is 1. The van der Waals surface area contributed by atoms with Crippen LogP contribution in [0.1, 0.15) is 16.7 Å². The summed E-state index contributed by atoms with van der Waals surface area (Å²) in [5, 5.41) is 17.9. The van der Waals surface area contributed by atoms with Crippen molar-refractivity contribution < 1.29 is 43.2 Å². The molecule has 0 saturated heterocycles. The second-order valence-corrected chi connectivity index (χ2v) is 12.9. The quantitative estimate of drug-likeness (QED) is 0.0704. The lowest BCUT2D eigenvalue weighted by Gasteiger charge is -2.25. The van der Waals surface area contributed by atoms with E-state index in [9.17, 15) is 28.8 Å². The Balaban J connectivity index is 1.34. The van der Waals surface area contributed by atoms with Crippen LogP contribution in [0, 0.1) is 0 Å². The molecule has 0 aliphatic rings. The maximum atomic E-state index is 13.9. The van der Waals surface area contributed by atoms with Crippen molar-refractivity contribution in [1.29, 1.82) is 0 Å². The maximum Gasteiger partial charge on any atom is 0.524 e. The van der Waals surface area contributed by atoms with E-state index in [1.165, 1.54) is 41.5 Å². The third-order valence-corrected chi connectivity index (χ3v) is 8.24. The zero-order chi connectivity index (χ0) is 37.3. The van der Waals surface area contributed by atoms with E-state index >= 15 is 0 Å². The lowest BCUT2D eigenvalue weighted by molar-refractivity contribution is -0.142.